The van der Waals surface area contributed by atoms with Crippen LogP contribution < -0.4 is 5.32 Å². The molecule has 16 heavy (non-hydrogen) atoms. The highest BCUT2D eigenvalue weighted by atomic mass is 16.3. The standard InChI is InChI=1S/C13H30N2O/c1-6-7-8-9-15(5)10-13(4,11-16)14-12(2)3/h12,14,16H,6-11H2,1-5H3. The first-order valence-electron chi connectivity index (χ1n) is 6.50. The zero-order chi connectivity index (χ0) is 12.6. The minimum atomic E-state index is -0.185. The van der Waals surface area contributed by atoms with E-state index in [9.17, 15) is 5.11 Å². The highest BCUT2D eigenvalue weighted by Gasteiger charge is 2.25. The van der Waals surface area contributed by atoms with Gasteiger partial charge in [0, 0.05) is 12.6 Å². The van der Waals surface area contributed by atoms with Crippen LogP contribution in [0.5, 0.6) is 0 Å². The lowest BCUT2D eigenvalue weighted by Gasteiger charge is -2.35. The third-order valence-corrected chi connectivity index (χ3v) is 2.75. The van der Waals surface area contributed by atoms with Gasteiger partial charge >= 0.3 is 0 Å². The van der Waals surface area contributed by atoms with Crippen LogP contribution in [0.15, 0.2) is 0 Å². The average molecular weight is 230 g/mol. The molecule has 0 heterocycles. The summed E-state index contributed by atoms with van der Waals surface area (Å²) in [6.45, 7) is 10.7. The normalized spacial score (nSPS) is 15.8. The van der Waals surface area contributed by atoms with Gasteiger partial charge in [-0.1, -0.05) is 33.6 Å². The molecule has 1 atom stereocenters. The number of rotatable bonds is 9. The first kappa shape index (κ1) is 15.9. The molecule has 98 valence electrons. The van der Waals surface area contributed by atoms with Crippen LogP contribution in [0.2, 0.25) is 0 Å². The Morgan fingerprint density at radius 2 is 1.94 bits per heavy atom. The highest BCUT2D eigenvalue weighted by Crippen LogP contribution is 2.07. The lowest BCUT2D eigenvalue weighted by Crippen LogP contribution is -2.55. The Labute approximate surface area is 101 Å². The third kappa shape index (κ3) is 7.20. The van der Waals surface area contributed by atoms with Crippen molar-refractivity contribution in [3.05, 3.63) is 0 Å². The predicted octanol–water partition coefficient (Wildman–Crippen LogP) is 1.86. The van der Waals surface area contributed by atoms with Crippen molar-refractivity contribution in [2.24, 2.45) is 0 Å². The van der Waals surface area contributed by atoms with E-state index in [0.717, 1.165) is 13.1 Å². The summed E-state index contributed by atoms with van der Waals surface area (Å²) in [4.78, 5) is 2.31. The van der Waals surface area contributed by atoms with Crippen molar-refractivity contribution < 1.29 is 5.11 Å². The first-order valence-corrected chi connectivity index (χ1v) is 6.50. The van der Waals surface area contributed by atoms with Crippen molar-refractivity contribution in [3.8, 4) is 0 Å². The minimum absolute atomic E-state index is 0.184. The zero-order valence-corrected chi connectivity index (χ0v) is 11.7. The number of hydrogen-bond acceptors (Lipinski definition) is 3. The SMILES string of the molecule is CCCCCN(C)CC(C)(CO)NC(C)C. The van der Waals surface area contributed by atoms with Crippen LogP contribution in [0.25, 0.3) is 0 Å². The number of likely N-dealkylation sites (N-methyl/N-ethyl adjacent to an activating group) is 1. The molecule has 0 radical (unpaired) electrons. The smallest absolute Gasteiger partial charge is 0.0623 e. The van der Waals surface area contributed by atoms with E-state index in [4.69, 9.17) is 0 Å². The van der Waals surface area contributed by atoms with Gasteiger partial charge in [-0.25, -0.2) is 0 Å². The Morgan fingerprint density at radius 1 is 1.31 bits per heavy atom. The van der Waals surface area contributed by atoms with Gasteiger partial charge in [-0.05, 0) is 26.9 Å². The number of aliphatic hydroxyl groups is 1. The van der Waals surface area contributed by atoms with Crippen LogP contribution >= 0.6 is 0 Å². The van der Waals surface area contributed by atoms with Gasteiger partial charge in [0.05, 0.1) is 12.1 Å². The maximum absolute atomic E-state index is 9.47. The molecule has 0 aromatic carbocycles. The predicted molar refractivity (Wildman–Crippen MR) is 70.8 cm³/mol. The second-order valence-corrected chi connectivity index (χ2v) is 5.46. The van der Waals surface area contributed by atoms with Gasteiger partial charge in [-0.2, -0.15) is 0 Å². The summed E-state index contributed by atoms with van der Waals surface area (Å²) in [5.74, 6) is 0. The van der Waals surface area contributed by atoms with E-state index in [2.05, 4.69) is 45.0 Å². The van der Waals surface area contributed by atoms with Crippen molar-refractivity contribution >= 4 is 0 Å². The fraction of sp³-hybridized carbons (Fsp3) is 1.00. The van der Waals surface area contributed by atoms with E-state index in [0.29, 0.717) is 6.04 Å². The molecule has 0 aromatic rings. The monoisotopic (exact) mass is 230 g/mol. The fourth-order valence-electron chi connectivity index (χ4n) is 2.14. The van der Waals surface area contributed by atoms with Crippen LogP contribution in [0.4, 0.5) is 0 Å². The summed E-state index contributed by atoms with van der Waals surface area (Å²) in [7, 11) is 2.13. The van der Waals surface area contributed by atoms with Crippen molar-refractivity contribution in [2.75, 3.05) is 26.7 Å². The molecular formula is C13H30N2O. The van der Waals surface area contributed by atoms with Gasteiger partial charge in [-0.3, -0.25) is 0 Å². The molecule has 3 nitrogen and oxygen atoms in total. The summed E-state index contributed by atoms with van der Waals surface area (Å²) in [5, 5.41) is 12.9. The van der Waals surface area contributed by atoms with Gasteiger partial charge < -0.3 is 15.3 Å². The molecule has 3 heteroatoms. The molecule has 0 aliphatic rings. The molecular weight excluding hydrogens is 200 g/mol. The van der Waals surface area contributed by atoms with Crippen LogP contribution in [-0.2, 0) is 0 Å². The summed E-state index contributed by atoms with van der Waals surface area (Å²) in [5.41, 5.74) is -0.185. The summed E-state index contributed by atoms with van der Waals surface area (Å²) in [6, 6.07) is 0.404. The Kier molecular flexibility index (Phi) is 7.98. The quantitative estimate of drug-likeness (QED) is 0.594. The van der Waals surface area contributed by atoms with Gasteiger partial charge in [0.2, 0.25) is 0 Å². The maximum atomic E-state index is 9.47. The number of unbranched alkanes of at least 4 members (excludes halogenated alkanes) is 2. The molecule has 2 N–H and O–H groups in total. The Hall–Kier alpha value is -0.120. The van der Waals surface area contributed by atoms with E-state index in [1.165, 1.54) is 19.3 Å². The molecule has 0 saturated heterocycles. The van der Waals surface area contributed by atoms with Gasteiger partial charge in [-0.15, -0.1) is 0 Å². The van der Waals surface area contributed by atoms with E-state index in [1.807, 2.05) is 0 Å². The van der Waals surface area contributed by atoms with Gasteiger partial charge in [0.1, 0.15) is 0 Å². The molecule has 0 fully saturated rings. The summed E-state index contributed by atoms with van der Waals surface area (Å²) < 4.78 is 0. The Bertz CT molecular complexity index is 173. The molecule has 0 rings (SSSR count). The fourth-order valence-corrected chi connectivity index (χ4v) is 2.14. The molecule has 1 unspecified atom stereocenters. The number of nitrogens with zero attached hydrogens (tertiary/aromatic N) is 1. The lowest BCUT2D eigenvalue weighted by atomic mass is 10.0. The molecule has 0 aliphatic carbocycles. The number of aliphatic hydroxyl groups excluding tert-OH is 1. The average Bonchev–Trinajstić information content (AvgIpc) is 2.16. The second kappa shape index (κ2) is 8.04. The molecule has 0 spiro atoms. The van der Waals surface area contributed by atoms with Crippen LogP contribution in [0.3, 0.4) is 0 Å². The van der Waals surface area contributed by atoms with Crippen molar-refractivity contribution in [1.29, 1.82) is 0 Å². The van der Waals surface area contributed by atoms with Crippen molar-refractivity contribution in [3.63, 3.8) is 0 Å². The lowest BCUT2D eigenvalue weighted by molar-refractivity contribution is 0.124. The summed E-state index contributed by atoms with van der Waals surface area (Å²) in [6.07, 6.45) is 3.79. The highest BCUT2D eigenvalue weighted by molar-refractivity contribution is 4.86. The zero-order valence-electron chi connectivity index (χ0n) is 11.7. The van der Waals surface area contributed by atoms with Crippen LogP contribution in [0, 0.1) is 0 Å². The third-order valence-electron chi connectivity index (χ3n) is 2.75. The number of nitrogens with one attached hydrogen (secondary N) is 1. The molecule has 0 aliphatic heterocycles. The van der Waals surface area contributed by atoms with Crippen molar-refractivity contribution in [2.45, 2.75) is 58.5 Å². The first-order chi connectivity index (χ1) is 7.43. The molecule has 0 saturated carbocycles. The van der Waals surface area contributed by atoms with Crippen LogP contribution in [-0.4, -0.2) is 48.3 Å². The van der Waals surface area contributed by atoms with E-state index >= 15 is 0 Å². The molecule has 0 aromatic heterocycles. The second-order valence-electron chi connectivity index (χ2n) is 5.46. The molecule has 0 bridgehead atoms. The Balaban J connectivity index is 3.99. The Morgan fingerprint density at radius 3 is 2.38 bits per heavy atom. The molecule has 0 amide bonds. The van der Waals surface area contributed by atoms with Crippen molar-refractivity contribution in [1.82, 2.24) is 10.2 Å². The van der Waals surface area contributed by atoms with E-state index < -0.39 is 0 Å². The summed E-state index contributed by atoms with van der Waals surface area (Å²) >= 11 is 0. The minimum Gasteiger partial charge on any atom is -0.394 e. The van der Waals surface area contributed by atoms with Gasteiger partial charge in [0.25, 0.3) is 0 Å². The maximum Gasteiger partial charge on any atom is 0.0623 e. The number of hydrogen-bond donors (Lipinski definition) is 2. The largest absolute Gasteiger partial charge is 0.394 e. The van der Waals surface area contributed by atoms with E-state index in [1.54, 1.807) is 0 Å². The van der Waals surface area contributed by atoms with Crippen LogP contribution in [0.1, 0.15) is 47.0 Å². The van der Waals surface area contributed by atoms with E-state index in [-0.39, 0.29) is 12.1 Å². The topological polar surface area (TPSA) is 35.5 Å². The van der Waals surface area contributed by atoms with Gasteiger partial charge in [0.15, 0.2) is 0 Å².